The first-order chi connectivity index (χ1) is 29.3. The topological polar surface area (TPSA) is 188 Å². The molecule has 17 heteroatoms. The zero-order valence-electron chi connectivity index (χ0n) is 32.3. The molecule has 4 N–H and O–H groups in total. The van der Waals surface area contributed by atoms with Gasteiger partial charge in [-0.05, 0) is 82.0 Å². The van der Waals surface area contributed by atoms with Crippen molar-refractivity contribution in [2.45, 2.75) is 62.7 Å². The second kappa shape index (κ2) is 17.0. The summed E-state index contributed by atoms with van der Waals surface area (Å²) in [7, 11) is 0. The fourth-order valence-corrected chi connectivity index (χ4v) is 8.14. The van der Waals surface area contributed by atoms with Crippen LogP contribution >= 0.6 is 0 Å². The van der Waals surface area contributed by atoms with Gasteiger partial charge in [0.05, 0.1) is 37.6 Å². The first kappa shape index (κ1) is 40.9. The van der Waals surface area contributed by atoms with Crippen LogP contribution in [0.5, 0.6) is 0 Å². The molecule has 0 saturated heterocycles. The normalized spacial score (nSPS) is 21.7. The molecule has 0 bridgehead atoms. The second-order valence-corrected chi connectivity index (χ2v) is 15.6. The standard InChI is InChI=1S/C22H18F2N4O2.C12H11F2NO.C10H9N3O2/c23-13-6-14-15-8-17(15)21(20(29)9-16(14)18(24)7-13)25-22(30)19-11-28(27-26-19)10-12-4-2-1-3-5-12;13-5-1-6-7-3-9(7)12(15)11(16)4-8(6)10(14)2-5;14-10(15)9-7-13(12-11-9)6-8-4-2-1-3-5-8/h1-7,11,15,17,21H,8-10H2,(H,25,30);1-2,7,9,12H,3-4,15H2;1-5,7H,6H2,(H,14,15)/t15-,17-,21-;7-,9-,12-;/m00./s1. The van der Waals surface area contributed by atoms with Crippen molar-refractivity contribution in [3.8, 4) is 0 Å². The summed E-state index contributed by atoms with van der Waals surface area (Å²) in [5, 5.41) is 26.5. The van der Waals surface area contributed by atoms with E-state index in [9.17, 15) is 36.7 Å². The number of halogens is 4. The lowest BCUT2D eigenvalue weighted by Crippen LogP contribution is -2.43. The van der Waals surface area contributed by atoms with Crippen LogP contribution in [0.4, 0.5) is 17.6 Å². The summed E-state index contributed by atoms with van der Waals surface area (Å²) in [6, 6.07) is 22.3. The summed E-state index contributed by atoms with van der Waals surface area (Å²) in [6.07, 6.45) is 4.14. The summed E-state index contributed by atoms with van der Waals surface area (Å²) in [6.45, 7) is 0.995. The molecule has 0 spiro atoms. The third-order valence-electron chi connectivity index (χ3n) is 11.4. The molecule has 0 aliphatic heterocycles. The number of carbonyl (C=O) groups is 4. The Kier molecular flexibility index (Phi) is 11.4. The quantitative estimate of drug-likeness (QED) is 0.181. The van der Waals surface area contributed by atoms with Crippen molar-refractivity contribution in [3.05, 3.63) is 165 Å². The van der Waals surface area contributed by atoms with E-state index in [1.165, 1.54) is 29.2 Å². The van der Waals surface area contributed by atoms with Crippen LogP contribution in [0.2, 0.25) is 0 Å². The lowest BCUT2D eigenvalue weighted by molar-refractivity contribution is -0.121. The molecule has 61 heavy (non-hydrogen) atoms. The number of amides is 1. The van der Waals surface area contributed by atoms with Crippen LogP contribution in [0.3, 0.4) is 0 Å². The Labute approximate surface area is 345 Å². The highest BCUT2D eigenvalue weighted by Gasteiger charge is 2.51. The summed E-state index contributed by atoms with van der Waals surface area (Å²) >= 11 is 0. The molecule has 6 atom stereocenters. The molecule has 4 aliphatic rings. The molecular formula is C44H38F4N8O5. The van der Waals surface area contributed by atoms with Gasteiger partial charge in [-0.25, -0.2) is 31.7 Å². The van der Waals surface area contributed by atoms with E-state index in [1.54, 1.807) is 4.68 Å². The van der Waals surface area contributed by atoms with Gasteiger partial charge in [-0.15, -0.1) is 10.2 Å². The van der Waals surface area contributed by atoms with Gasteiger partial charge >= 0.3 is 5.97 Å². The van der Waals surface area contributed by atoms with E-state index >= 15 is 0 Å². The molecule has 312 valence electrons. The Balaban J connectivity index is 0.000000139. The number of aromatic nitrogens is 6. The minimum Gasteiger partial charge on any atom is -0.476 e. The molecular weight excluding hydrogens is 797 g/mol. The molecule has 6 aromatic rings. The van der Waals surface area contributed by atoms with Crippen LogP contribution in [0.1, 0.15) is 79.0 Å². The van der Waals surface area contributed by atoms with Crippen molar-refractivity contribution < 1.29 is 41.8 Å². The number of benzene rings is 4. The van der Waals surface area contributed by atoms with E-state index in [1.807, 2.05) is 60.7 Å². The van der Waals surface area contributed by atoms with E-state index in [-0.39, 0.29) is 65.0 Å². The Hall–Kier alpha value is -6.88. The Morgan fingerprint density at radius 1 is 0.689 bits per heavy atom. The summed E-state index contributed by atoms with van der Waals surface area (Å²) in [5.74, 6) is -4.69. The second-order valence-electron chi connectivity index (χ2n) is 15.6. The van der Waals surface area contributed by atoms with Crippen molar-refractivity contribution in [3.63, 3.8) is 0 Å². The van der Waals surface area contributed by atoms with E-state index in [0.29, 0.717) is 36.2 Å². The van der Waals surface area contributed by atoms with Crippen molar-refractivity contribution in [2.24, 2.45) is 17.6 Å². The highest BCUT2D eigenvalue weighted by Crippen LogP contribution is 2.54. The lowest BCUT2D eigenvalue weighted by Gasteiger charge is -2.15. The maximum absolute atomic E-state index is 14.2. The van der Waals surface area contributed by atoms with E-state index in [4.69, 9.17) is 10.8 Å². The number of ketones is 2. The molecule has 2 heterocycles. The largest absolute Gasteiger partial charge is 0.476 e. The number of nitrogens with two attached hydrogens (primary N) is 1. The monoisotopic (exact) mass is 834 g/mol. The number of Topliss-reactive ketones (excluding diaryl/α,β-unsaturated/α-hetero) is 2. The fraction of sp³-hybridized carbons (Fsp3) is 0.273. The van der Waals surface area contributed by atoms with Crippen molar-refractivity contribution in [1.29, 1.82) is 0 Å². The number of carboxylic acid groups (broad SMARTS) is 1. The van der Waals surface area contributed by atoms with Crippen LogP contribution in [-0.2, 0) is 35.5 Å². The minimum atomic E-state index is -1.06. The smallest absolute Gasteiger partial charge is 0.358 e. The zero-order chi connectivity index (χ0) is 42.9. The first-order valence-corrected chi connectivity index (χ1v) is 19.5. The van der Waals surface area contributed by atoms with Crippen LogP contribution in [0, 0.1) is 35.1 Å². The molecule has 0 unspecified atom stereocenters. The summed E-state index contributed by atoms with van der Waals surface area (Å²) < 4.78 is 57.6. The molecule has 10 rings (SSSR count). The first-order valence-electron chi connectivity index (χ1n) is 19.5. The Bertz CT molecular complexity index is 2640. The SMILES string of the molecule is N[C@@H]1C(=O)Cc2c(F)cc(F)cc2[C@@H]2C[C@H]12.O=C(N[C@@H]1C(=O)Cc2c(F)cc(F)cc2[C@@H]2C[C@H]12)c1cn(Cc2ccccc2)nn1.O=C(O)c1cn(Cc2ccccc2)nn1. The number of hydrogen-bond acceptors (Lipinski definition) is 9. The molecule has 2 saturated carbocycles. The van der Waals surface area contributed by atoms with Gasteiger partial charge in [-0.2, -0.15) is 0 Å². The van der Waals surface area contributed by atoms with E-state index in [0.717, 1.165) is 29.7 Å². The third kappa shape index (κ3) is 9.16. The van der Waals surface area contributed by atoms with Gasteiger partial charge in [0.2, 0.25) is 0 Å². The maximum atomic E-state index is 14.2. The van der Waals surface area contributed by atoms with Gasteiger partial charge in [0.15, 0.2) is 23.0 Å². The minimum absolute atomic E-state index is 0.00435. The number of nitrogens with one attached hydrogen (secondary N) is 1. The van der Waals surface area contributed by atoms with Gasteiger partial charge in [-0.1, -0.05) is 71.1 Å². The average molecular weight is 835 g/mol. The Morgan fingerprint density at radius 2 is 1.16 bits per heavy atom. The predicted octanol–water partition coefficient (Wildman–Crippen LogP) is 5.18. The van der Waals surface area contributed by atoms with Crippen LogP contribution in [-0.4, -0.2) is 70.6 Å². The molecule has 1 amide bonds. The fourth-order valence-electron chi connectivity index (χ4n) is 8.14. The number of carbonyl (C=O) groups excluding carboxylic acids is 3. The van der Waals surface area contributed by atoms with Crippen molar-refractivity contribution in [2.75, 3.05) is 0 Å². The van der Waals surface area contributed by atoms with Gasteiger partial charge in [0.25, 0.3) is 5.91 Å². The Morgan fingerprint density at radius 3 is 1.69 bits per heavy atom. The van der Waals surface area contributed by atoms with Gasteiger partial charge in [0, 0.05) is 25.0 Å². The van der Waals surface area contributed by atoms with E-state index in [2.05, 4.69) is 25.9 Å². The highest BCUT2D eigenvalue weighted by molar-refractivity contribution is 5.97. The van der Waals surface area contributed by atoms with E-state index < -0.39 is 47.2 Å². The number of aromatic carboxylic acids is 1. The number of hydrogen-bond donors (Lipinski definition) is 3. The molecule has 2 fully saturated rings. The van der Waals surface area contributed by atoms with Gasteiger partial charge in [0.1, 0.15) is 23.3 Å². The summed E-state index contributed by atoms with van der Waals surface area (Å²) in [5.41, 5.74) is 9.66. The van der Waals surface area contributed by atoms with Crippen molar-refractivity contribution in [1.82, 2.24) is 35.3 Å². The number of carboxylic acids is 1. The van der Waals surface area contributed by atoms with Gasteiger partial charge in [-0.3, -0.25) is 14.4 Å². The van der Waals surface area contributed by atoms with Crippen LogP contribution < -0.4 is 11.1 Å². The predicted molar refractivity (Wildman–Crippen MR) is 209 cm³/mol. The molecule has 2 aromatic heterocycles. The number of nitrogens with zero attached hydrogens (tertiary/aromatic N) is 6. The average Bonchev–Trinajstić information content (AvgIpc) is 4.12. The lowest BCUT2D eigenvalue weighted by atomic mass is 9.99. The molecule has 4 aromatic carbocycles. The molecule has 4 aliphatic carbocycles. The van der Waals surface area contributed by atoms with Gasteiger partial charge < -0.3 is 16.2 Å². The highest BCUT2D eigenvalue weighted by atomic mass is 19.1. The maximum Gasteiger partial charge on any atom is 0.358 e. The third-order valence-corrected chi connectivity index (χ3v) is 11.4. The van der Waals surface area contributed by atoms with Crippen molar-refractivity contribution >= 4 is 23.4 Å². The summed E-state index contributed by atoms with van der Waals surface area (Å²) in [4.78, 5) is 47.6. The number of rotatable bonds is 7. The molecule has 13 nitrogen and oxygen atoms in total. The molecule has 0 radical (unpaired) electrons. The number of fused-ring (bicyclic) bond motifs is 6. The van der Waals surface area contributed by atoms with Crippen LogP contribution in [0.25, 0.3) is 0 Å². The van der Waals surface area contributed by atoms with Crippen LogP contribution in [0.15, 0.2) is 97.3 Å². The zero-order valence-corrected chi connectivity index (χ0v) is 32.3.